The number of anilines is 1. The minimum absolute atomic E-state index is 0.198. The first-order valence-electron chi connectivity index (χ1n) is 10.5. The molecule has 0 fully saturated rings. The van der Waals surface area contributed by atoms with Gasteiger partial charge in [0, 0.05) is 29.8 Å². The summed E-state index contributed by atoms with van der Waals surface area (Å²) in [5, 5.41) is 26.9. The number of hydrogen-bond donors (Lipinski definition) is 8. The summed E-state index contributed by atoms with van der Waals surface area (Å²) in [6.45, 7) is 1.05. The zero-order valence-electron chi connectivity index (χ0n) is 18.6. The fraction of sp³-hybridized carbons (Fsp3) is 0.381. The molecule has 184 valence electrons. The number of guanidine groups is 1. The summed E-state index contributed by atoms with van der Waals surface area (Å²) in [6, 6.07) is 4.07. The van der Waals surface area contributed by atoms with Crippen LogP contribution in [0.2, 0.25) is 0 Å². The van der Waals surface area contributed by atoms with E-state index in [0.717, 1.165) is 10.9 Å². The van der Waals surface area contributed by atoms with Crippen LogP contribution in [-0.2, 0) is 14.4 Å². The van der Waals surface area contributed by atoms with E-state index in [4.69, 9.17) is 26.4 Å². The van der Waals surface area contributed by atoms with Crippen LogP contribution >= 0.6 is 0 Å². The van der Waals surface area contributed by atoms with Crippen LogP contribution in [0.4, 0.5) is 5.69 Å². The summed E-state index contributed by atoms with van der Waals surface area (Å²) < 4.78 is 5.19. The van der Waals surface area contributed by atoms with Crippen molar-refractivity contribution in [3.8, 4) is 0 Å². The molecule has 1 aromatic heterocycles. The number of rotatable bonds is 11. The van der Waals surface area contributed by atoms with Crippen LogP contribution in [0.15, 0.2) is 33.5 Å². The van der Waals surface area contributed by atoms with Crippen LogP contribution in [0, 0.1) is 12.3 Å². The van der Waals surface area contributed by atoms with Gasteiger partial charge in [-0.15, -0.1) is 0 Å². The molecule has 1 heterocycles. The van der Waals surface area contributed by atoms with E-state index in [0.29, 0.717) is 24.2 Å². The molecule has 13 heteroatoms. The predicted molar refractivity (Wildman–Crippen MR) is 125 cm³/mol. The van der Waals surface area contributed by atoms with Gasteiger partial charge in [-0.3, -0.25) is 19.8 Å². The van der Waals surface area contributed by atoms with Gasteiger partial charge in [-0.25, -0.2) is 4.79 Å². The van der Waals surface area contributed by atoms with Crippen LogP contribution in [0.1, 0.15) is 18.4 Å². The molecule has 0 saturated heterocycles. The molecule has 0 bridgehead atoms. The smallest absolute Gasteiger partial charge is 0.336 e. The van der Waals surface area contributed by atoms with Gasteiger partial charge in [0.25, 0.3) is 0 Å². The second kappa shape index (κ2) is 12.3. The van der Waals surface area contributed by atoms with E-state index in [1.165, 1.54) is 12.1 Å². The van der Waals surface area contributed by atoms with E-state index in [1.807, 2.05) is 0 Å². The highest BCUT2D eigenvalue weighted by atomic mass is 16.4. The molecule has 13 nitrogen and oxygen atoms in total. The topological polar surface area (TPSA) is 226 Å². The average molecular weight is 476 g/mol. The van der Waals surface area contributed by atoms with Crippen LogP contribution in [0.5, 0.6) is 0 Å². The normalized spacial score (nSPS) is 12.4. The Labute approximate surface area is 194 Å². The molecule has 10 N–H and O–H groups in total. The quantitative estimate of drug-likeness (QED) is 0.0794. The predicted octanol–water partition coefficient (Wildman–Crippen LogP) is -1.78. The van der Waals surface area contributed by atoms with E-state index in [1.54, 1.807) is 19.1 Å². The van der Waals surface area contributed by atoms with Crippen LogP contribution in [-0.4, -0.2) is 60.6 Å². The fourth-order valence-corrected chi connectivity index (χ4v) is 3.06. The molecule has 0 radical (unpaired) electrons. The Kier molecular flexibility index (Phi) is 9.52. The maximum Gasteiger partial charge on any atom is 0.336 e. The van der Waals surface area contributed by atoms with Crippen molar-refractivity contribution < 1.29 is 23.9 Å². The van der Waals surface area contributed by atoms with Gasteiger partial charge in [0.1, 0.15) is 17.7 Å². The van der Waals surface area contributed by atoms with Gasteiger partial charge >= 0.3 is 5.63 Å². The lowest BCUT2D eigenvalue weighted by Crippen LogP contribution is -2.50. The maximum atomic E-state index is 12.9. The van der Waals surface area contributed by atoms with Gasteiger partial charge in [0.05, 0.1) is 13.2 Å². The van der Waals surface area contributed by atoms with Crippen molar-refractivity contribution in [1.82, 2.24) is 16.0 Å². The summed E-state index contributed by atoms with van der Waals surface area (Å²) in [4.78, 5) is 48.5. The van der Waals surface area contributed by atoms with Crippen molar-refractivity contribution in [2.24, 2.45) is 11.5 Å². The van der Waals surface area contributed by atoms with Crippen molar-refractivity contribution in [3.63, 3.8) is 0 Å². The number of amides is 3. The molecular formula is C21H29N7O6. The first-order valence-corrected chi connectivity index (χ1v) is 10.5. The van der Waals surface area contributed by atoms with E-state index in [9.17, 15) is 19.2 Å². The third-order valence-corrected chi connectivity index (χ3v) is 4.81. The maximum absolute atomic E-state index is 12.9. The summed E-state index contributed by atoms with van der Waals surface area (Å²) >= 11 is 0. The second-order valence-electron chi connectivity index (χ2n) is 7.56. The number of nitrogens with one attached hydrogen (secondary N) is 5. The van der Waals surface area contributed by atoms with Crippen molar-refractivity contribution in [1.29, 1.82) is 5.41 Å². The molecule has 2 atom stereocenters. The molecule has 0 aliphatic rings. The van der Waals surface area contributed by atoms with Crippen molar-refractivity contribution >= 4 is 40.3 Å². The lowest BCUT2D eigenvalue weighted by molar-refractivity contribution is -0.129. The van der Waals surface area contributed by atoms with Crippen molar-refractivity contribution in [2.75, 3.05) is 25.0 Å². The molecule has 0 aliphatic carbocycles. The molecule has 0 aliphatic heterocycles. The summed E-state index contributed by atoms with van der Waals surface area (Å²) in [7, 11) is 0. The van der Waals surface area contributed by atoms with Crippen molar-refractivity contribution in [3.05, 3.63) is 40.2 Å². The highest BCUT2D eigenvalue weighted by Gasteiger charge is 2.22. The zero-order valence-corrected chi connectivity index (χ0v) is 18.6. The Morgan fingerprint density at radius 2 is 1.91 bits per heavy atom. The molecular weight excluding hydrogens is 446 g/mol. The summed E-state index contributed by atoms with van der Waals surface area (Å²) in [6.07, 6.45) is 0.592. The minimum atomic E-state index is -1.17. The molecule has 2 rings (SSSR count). The summed E-state index contributed by atoms with van der Waals surface area (Å²) in [5.74, 6) is -2.11. The Morgan fingerprint density at radius 3 is 2.59 bits per heavy atom. The highest BCUT2D eigenvalue weighted by molar-refractivity contribution is 5.99. The Balaban J connectivity index is 2.09. The lowest BCUT2D eigenvalue weighted by Gasteiger charge is -2.19. The second-order valence-corrected chi connectivity index (χ2v) is 7.56. The Bertz CT molecular complexity index is 1120. The number of aryl methyl sites for hydroxylation is 1. The molecule has 2 aromatic rings. The number of fused-ring (bicyclic) bond motifs is 1. The molecule has 1 aromatic carbocycles. The third-order valence-electron chi connectivity index (χ3n) is 4.81. The Morgan fingerprint density at radius 1 is 1.18 bits per heavy atom. The van der Waals surface area contributed by atoms with E-state index < -0.39 is 48.6 Å². The first kappa shape index (κ1) is 26.3. The Hall–Kier alpha value is -3.97. The molecule has 3 amide bonds. The number of nitrogens with two attached hydrogens (primary N) is 2. The standard InChI is InChI=1S/C21H29N7O6/c1-11-7-18(31)34-16-8-12(4-5-13(11)16)27-20(33)15(3-2-6-25-21(23)24)28-17(30)9-26-19(32)14(22)10-29/h4-5,7-8,14-15,29H,2-3,6,9-10,22H2,1H3,(H,26,32)(H,27,33)(H,28,30)(H4,23,24,25)/t14-,15-/m0/s1. The van der Waals surface area contributed by atoms with E-state index in [-0.39, 0.29) is 12.4 Å². The first-order chi connectivity index (χ1) is 16.1. The van der Waals surface area contributed by atoms with Gasteiger partial charge in [-0.1, -0.05) is 0 Å². The van der Waals surface area contributed by atoms with Crippen LogP contribution in [0.25, 0.3) is 11.0 Å². The van der Waals surface area contributed by atoms with Gasteiger partial charge in [-0.05, 0) is 37.5 Å². The minimum Gasteiger partial charge on any atom is -0.423 e. The largest absolute Gasteiger partial charge is 0.423 e. The fourth-order valence-electron chi connectivity index (χ4n) is 3.06. The van der Waals surface area contributed by atoms with Gasteiger partial charge in [0.15, 0.2) is 5.96 Å². The number of aliphatic hydroxyl groups excluding tert-OH is 1. The number of benzene rings is 1. The van der Waals surface area contributed by atoms with E-state index in [2.05, 4.69) is 21.3 Å². The highest BCUT2D eigenvalue weighted by Crippen LogP contribution is 2.21. The van der Waals surface area contributed by atoms with E-state index >= 15 is 0 Å². The zero-order chi connectivity index (χ0) is 25.3. The number of hydrogen-bond acceptors (Lipinski definition) is 8. The molecule has 0 saturated carbocycles. The van der Waals surface area contributed by atoms with Gasteiger partial charge < -0.3 is 42.3 Å². The van der Waals surface area contributed by atoms with Crippen LogP contribution < -0.4 is 38.4 Å². The number of aliphatic hydroxyl groups is 1. The average Bonchev–Trinajstić information content (AvgIpc) is 2.78. The summed E-state index contributed by atoms with van der Waals surface area (Å²) in [5.41, 5.74) is 11.5. The molecule has 0 unspecified atom stereocenters. The SMILES string of the molecule is Cc1cc(=O)oc2cc(NC(=O)[C@H](CCCNC(=N)N)NC(=O)CNC(=O)[C@@H](N)CO)ccc12. The number of carbonyl (C=O) groups is 3. The molecule has 0 spiro atoms. The number of carbonyl (C=O) groups excluding carboxylic acids is 3. The van der Waals surface area contributed by atoms with Gasteiger partial charge in [0.2, 0.25) is 17.7 Å². The lowest BCUT2D eigenvalue weighted by atomic mass is 10.1. The third kappa shape index (κ3) is 7.86. The monoisotopic (exact) mass is 475 g/mol. The molecule has 34 heavy (non-hydrogen) atoms. The van der Waals surface area contributed by atoms with Crippen LogP contribution in [0.3, 0.4) is 0 Å². The van der Waals surface area contributed by atoms with Gasteiger partial charge in [-0.2, -0.15) is 0 Å². The van der Waals surface area contributed by atoms with Crippen molar-refractivity contribution in [2.45, 2.75) is 31.8 Å².